The smallest absolute Gasteiger partial charge is 0.161 e. The number of aliphatic hydroxyl groups excluding tert-OH is 3. The molecule has 0 aromatic heterocycles. The molecule has 6 nitrogen and oxygen atoms in total. The Kier molecular flexibility index (Phi) is 7.25. The van der Waals surface area contributed by atoms with Crippen LogP contribution in [0.3, 0.4) is 0 Å². The lowest BCUT2D eigenvalue weighted by atomic mass is 9.99. The number of ether oxygens (including phenoxy) is 1. The summed E-state index contributed by atoms with van der Waals surface area (Å²) in [5.74, 6) is 0. The molecule has 1 aliphatic heterocycles. The molecule has 1 heterocycles. The largest absolute Gasteiger partial charge is 0.390 e. The van der Waals surface area contributed by atoms with Crippen molar-refractivity contribution in [1.29, 1.82) is 0 Å². The van der Waals surface area contributed by atoms with Crippen molar-refractivity contribution in [2.24, 2.45) is 4.99 Å². The van der Waals surface area contributed by atoms with Crippen LogP contribution in [0.25, 0.3) is 0 Å². The Bertz CT molecular complexity index is 327. The molecule has 0 saturated carbocycles. The Morgan fingerprint density at radius 1 is 1.45 bits per heavy atom. The van der Waals surface area contributed by atoms with E-state index in [-0.39, 0.29) is 12.0 Å². The van der Waals surface area contributed by atoms with E-state index in [2.05, 4.69) is 4.99 Å². The first-order valence-electron chi connectivity index (χ1n) is 6.94. The lowest BCUT2D eigenvalue weighted by molar-refractivity contribution is -0.136. The molecule has 20 heavy (non-hydrogen) atoms. The van der Waals surface area contributed by atoms with Gasteiger partial charge in [-0.3, -0.25) is 4.99 Å². The Labute approximate surface area is 124 Å². The summed E-state index contributed by atoms with van der Waals surface area (Å²) < 4.78 is 5.74. The standard InChI is InChI=1S/C13H26N2O4S/c1-5-6-9(16)12-11(18)10(17)7-14-13(15(3)4)20-8(2)19-12/h8-12,16-18H,5-7H2,1-4H3/b14-13-/t8-,9-,10-,11+,12-/m1/s1. The first-order valence-corrected chi connectivity index (χ1v) is 7.82. The highest BCUT2D eigenvalue weighted by molar-refractivity contribution is 8.14. The summed E-state index contributed by atoms with van der Waals surface area (Å²) in [6, 6.07) is 0. The third-order valence-corrected chi connectivity index (χ3v) is 4.26. The van der Waals surface area contributed by atoms with Gasteiger partial charge >= 0.3 is 0 Å². The van der Waals surface area contributed by atoms with Crippen molar-refractivity contribution in [2.45, 2.75) is 56.5 Å². The van der Waals surface area contributed by atoms with E-state index >= 15 is 0 Å². The quantitative estimate of drug-likeness (QED) is 0.694. The van der Waals surface area contributed by atoms with E-state index in [9.17, 15) is 15.3 Å². The highest BCUT2D eigenvalue weighted by Crippen LogP contribution is 2.24. The highest BCUT2D eigenvalue weighted by Gasteiger charge is 2.35. The van der Waals surface area contributed by atoms with Gasteiger partial charge in [0.25, 0.3) is 0 Å². The van der Waals surface area contributed by atoms with Crippen LogP contribution in [0.1, 0.15) is 26.7 Å². The van der Waals surface area contributed by atoms with Gasteiger partial charge in [-0.25, -0.2) is 0 Å². The minimum atomic E-state index is -1.15. The molecule has 118 valence electrons. The molecule has 0 aromatic rings. The first-order chi connectivity index (χ1) is 9.36. The minimum absolute atomic E-state index is 0.0904. The van der Waals surface area contributed by atoms with E-state index in [1.807, 2.05) is 32.8 Å². The maximum Gasteiger partial charge on any atom is 0.161 e. The number of nitrogens with zero attached hydrogens (tertiary/aromatic N) is 2. The summed E-state index contributed by atoms with van der Waals surface area (Å²) in [7, 11) is 3.73. The van der Waals surface area contributed by atoms with Crippen LogP contribution < -0.4 is 0 Å². The average Bonchev–Trinajstić information content (AvgIpc) is 2.43. The second kappa shape index (κ2) is 8.19. The zero-order valence-corrected chi connectivity index (χ0v) is 13.4. The first kappa shape index (κ1) is 17.7. The summed E-state index contributed by atoms with van der Waals surface area (Å²) in [6.45, 7) is 3.89. The minimum Gasteiger partial charge on any atom is -0.390 e. The van der Waals surface area contributed by atoms with E-state index in [1.165, 1.54) is 11.8 Å². The molecule has 5 atom stereocenters. The van der Waals surface area contributed by atoms with Crippen molar-refractivity contribution in [3.63, 3.8) is 0 Å². The molecule has 1 aliphatic rings. The lowest BCUT2D eigenvalue weighted by Gasteiger charge is -2.31. The van der Waals surface area contributed by atoms with Crippen molar-refractivity contribution in [3.8, 4) is 0 Å². The summed E-state index contributed by atoms with van der Waals surface area (Å²) in [5.41, 5.74) is -0.271. The van der Waals surface area contributed by atoms with Gasteiger partial charge in [-0.2, -0.15) is 0 Å². The van der Waals surface area contributed by atoms with Crippen molar-refractivity contribution in [2.75, 3.05) is 20.6 Å². The van der Waals surface area contributed by atoms with Gasteiger partial charge < -0.3 is 25.0 Å². The number of aliphatic imine (C=N–C) groups is 1. The number of aliphatic hydroxyl groups is 3. The maximum atomic E-state index is 10.2. The third kappa shape index (κ3) is 4.89. The molecule has 3 N–H and O–H groups in total. The summed E-state index contributed by atoms with van der Waals surface area (Å²) in [4.78, 5) is 6.14. The van der Waals surface area contributed by atoms with Gasteiger partial charge in [-0.05, 0) is 13.3 Å². The van der Waals surface area contributed by atoms with Crippen LogP contribution in [0, 0.1) is 0 Å². The molecule has 1 rings (SSSR count). The fourth-order valence-electron chi connectivity index (χ4n) is 2.04. The van der Waals surface area contributed by atoms with Gasteiger partial charge in [0, 0.05) is 14.1 Å². The number of hydrogen-bond acceptors (Lipinski definition) is 7. The fraction of sp³-hybridized carbons (Fsp3) is 0.923. The van der Waals surface area contributed by atoms with E-state index in [4.69, 9.17) is 4.74 Å². The van der Waals surface area contributed by atoms with E-state index in [1.54, 1.807) is 0 Å². The Balaban J connectivity index is 2.88. The normalized spacial score (nSPS) is 36.2. The van der Waals surface area contributed by atoms with Crippen LogP contribution >= 0.6 is 11.8 Å². The third-order valence-electron chi connectivity index (χ3n) is 3.11. The molecule has 0 spiro atoms. The Morgan fingerprint density at radius 3 is 2.65 bits per heavy atom. The van der Waals surface area contributed by atoms with Crippen molar-refractivity contribution in [3.05, 3.63) is 0 Å². The van der Waals surface area contributed by atoms with E-state index < -0.39 is 24.4 Å². The number of amidine groups is 1. The molecule has 7 heteroatoms. The SMILES string of the molecule is CCC[C@@H](O)[C@H]1O[C@@H](C)S/C(N(C)C)=N\C[C@@H](O)[C@@H]1O. The van der Waals surface area contributed by atoms with Gasteiger partial charge in [-0.1, -0.05) is 25.1 Å². The monoisotopic (exact) mass is 306 g/mol. The molecule has 0 aliphatic carbocycles. The summed E-state index contributed by atoms with van der Waals surface area (Å²) in [5, 5.41) is 31.0. The molecular formula is C13H26N2O4S. The van der Waals surface area contributed by atoms with Crippen molar-refractivity contribution < 1.29 is 20.1 Å². The average molecular weight is 306 g/mol. The molecule has 0 bridgehead atoms. The summed E-state index contributed by atoms with van der Waals surface area (Å²) in [6.07, 6.45) is -2.49. The second-order valence-electron chi connectivity index (χ2n) is 5.22. The molecule has 0 radical (unpaired) electrons. The molecular weight excluding hydrogens is 280 g/mol. The van der Waals surface area contributed by atoms with Gasteiger partial charge in [0.1, 0.15) is 23.7 Å². The number of thioether (sulfide) groups is 1. The topological polar surface area (TPSA) is 85.5 Å². The van der Waals surface area contributed by atoms with E-state index in [0.717, 1.165) is 11.6 Å². The predicted molar refractivity (Wildman–Crippen MR) is 80.8 cm³/mol. The molecule has 0 unspecified atom stereocenters. The number of hydrogen-bond donors (Lipinski definition) is 3. The second-order valence-corrected chi connectivity index (χ2v) is 6.48. The van der Waals surface area contributed by atoms with Crippen molar-refractivity contribution in [1.82, 2.24) is 4.90 Å². The van der Waals surface area contributed by atoms with Crippen LogP contribution in [0.15, 0.2) is 4.99 Å². The van der Waals surface area contributed by atoms with E-state index in [0.29, 0.717) is 6.42 Å². The molecule has 0 fully saturated rings. The van der Waals surface area contributed by atoms with Crippen LogP contribution in [0.4, 0.5) is 0 Å². The van der Waals surface area contributed by atoms with Gasteiger partial charge in [0.05, 0.1) is 12.6 Å². The van der Waals surface area contributed by atoms with Crippen LogP contribution in [0.5, 0.6) is 0 Å². The van der Waals surface area contributed by atoms with Crippen molar-refractivity contribution >= 4 is 16.9 Å². The zero-order valence-electron chi connectivity index (χ0n) is 12.6. The zero-order chi connectivity index (χ0) is 15.3. The van der Waals surface area contributed by atoms with Gasteiger partial charge in [-0.15, -0.1) is 0 Å². The maximum absolute atomic E-state index is 10.2. The molecule has 0 aromatic carbocycles. The van der Waals surface area contributed by atoms with Gasteiger partial charge in [0.15, 0.2) is 5.17 Å². The Hall–Kier alpha value is -0.340. The van der Waals surface area contributed by atoms with Gasteiger partial charge in [0.2, 0.25) is 0 Å². The summed E-state index contributed by atoms with van der Waals surface area (Å²) >= 11 is 1.41. The number of rotatable bonds is 3. The fourth-order valence-corrected chi connectivity index (χ4v) is 2.88. The Morgan fingerprint density at radius 2 is 2.10 bits per heavy atom. The van der Waals surface area contributed by atoms with Crippen LogP contribution in [0.2, 0.25) is 0 Å². The lowest BCUT2D eigenvalue weighted by Crippen LogP contribution is -2.47. The van der Waals surface area contributed by atoms with Crippen LogP contribution in [-0.2, 0) is 4.74 Å². The predicted octanol–water partition coefficient (Wildman–Crippen LogP) is 0.265. The highest BCUT2D eigenvalue weighted by atomic mass is 32.2. The van der Waals surface area contributed by atoms with Crippen LogP contribution in [-0.4, -0.2) is 75.9 Å². The molecule has 0 amide bonds. The molecule has 0 saturated heterocycles.